The fraction of sp³-hybridized carbons (Fsp3) is 0.273. The quantitative estimate of drug-likeness (QED) is 0.743. The van der Waals surface area contributed by atoms with E-state index in [0.717, 1.165) is 49.9 Å². The number of hydrogen-bond donors (Lipinski definition) is 1. The summed E-state index contributed by atoms with van der Waals surface area (Å²) < 4.78 is 0. The lowest BCUT2D eigenvalue weighted by Gasteiger charge is -2.36. The Balaban J connectivity index is 1.40. The normalized spacial score (nSPS) is 14.3. The number of benzene rings is 2. The van der Waals surface area contributed by atoms with Crippen molar-refractivity contribution in [3.05, 3.63) is 72.6 Å². The standard InChI is InChI=1S/C22H25N5/c1-2-18-8-10-19(11-9-18)25-21-16-22(24-17-23-21)27-14-12-26(13-15-27)20-6-4-3-5-7-20/h3-11,16-17H,2,12-15H2,1H3,(H,23,24,25). The van der Waals surface area contributed by atoms with E-state index in [9.17, 15) is 0 Å². The third-order valence-corrected chi connectivity index (χ3v) is 5.01. The zero-order chi connectivity index (χ0) is 18.5. The van der Waals surface area contributed by atoms with Crippen molar-refractivity contribution in [2.75, 3.05) is 41.3 Å². The fourth-order valence-corrected chi connectivity index (χ4v) is 3.39. The summed E-state index contributed by atoms with van der Waals surface area (Å²) in [6, 6.07) is 21.1. The van der Waals surface area contributed by atoms with E-state index in [2.05, 4.69) is 86.6 Å². The highest BCUT2D eigenvalue weighted by Crippen LogP contribution is 2.22. The van der Waals surface area contributed by atoms with Crippen LogP contribution in [0.5, 0.6) is 0 Å². The van der Waals surface area contributed by atoms with Crippen LogP contribution in [0.3, 0.4) is 0 Å². The molecule has 0 radical (unpaired) electrons. The van der Waals surface area contributed by atoms with E-state index in [1.807, 2.05) is 6.07 Å². The number of para-hydroxylation sites is 1. The molecule has 2 aromatic carbocycles. The predicted molar refractivity (Wildman–Crippen MR) is 112 cm³/mol. The van der Waals surface area contributed by atoms with Crippen LogP contribution in [0.2, 0.25) is 0 Å². The Bertz CT molecular complexity index is 855. The first-order valence-corrected chi connectivity index (χ1v) is 9.55. The van der Waals surface area contributed by atoms with Crippen molar-refractivity contribution in [1.82, 2.24) is 9.97 Å². The Labute approximate surface area is 160 Å². The number of aromatic nitrogens is 2. The molecule has 138 valence electrons. The van der Waals surface area contributed by atoms with Gasteiger partial charge in [0.05, 0.1) is 0 Å². The second-order valence-electron chi connectivity index (χ2n) is 6.75. The average Bonchev–Trinajstić information content (AvgIpc) is 2.75. The van der Waals surface area contributed by atoms with Gasteiger partial charge in [-0.1, -0.05) is 37.3 Å². The molecule has 5 heteroatoms. The number of rotatable bonds is 5. The van der Waals surface area contributed by atoms with Gasteiger partial charge in [-0.15, -0.1) is 0 Å². The highest BCUT2D eigenvalue weighted by atomic mass is 15.3. The molecule has 2 heterocycles. The van der Waals surface area contributed by atoms with Gasteiger partial charge in [-0.05, 0) is 36.2 Å². The van der Waals surface area contributed by atoms with E-state index in [4.69, 9.17) is 0 Å². The van der Waals surface area contributed by atoms with E-state index < -0.39 is 0 Å². The van der Waals surface area contributed by atoms with Gasteiger partial charge >= 0.3 is 0 Å². The number of aryl methyl sites for hydroxylation is 1. The number of hydrogen-bond acceptors (Lipinski definition) is 5. The van der Waals surface area contributed by atoms with Gasteiger partial charge in [0.25, 0.3) is 0 Å². The van der Waals surface area contributed by atoms with Crippen molar-refractivity contribution in [3.63, 3.8) is 0 Å². The minimum Gasteiger partial charge on any atom is -0.368 e. The van der Waals surface area contributed by atoms with Gasteiger partial charge in [-0.3, -0.25) is 0 Å². The predicted octanol–water partition coefficient (Wildman–Crippen LogP) is 4.11. The summed E-state index contributed by atoms with van der Waals surface area (Å²) in [7, 11) is 0. The van der Waals surface area contributed by atoms with Crippen LogP contribution in [-0.2, 0) is 6.42 Å². The third kappa shape index (κ3) is 4.19. The molecule has 1 saturated heterocycles. The minimum atomic E-state index is 0.828. The van der Waals surface area contributed by atoms with Crippen molar-refractivity contribution >= 4 is 23.0 Å². The lowest BCUT2D eigenvalue weighted by molar-refractivity contribution is 0.647. The number of piperazine rings is 1. The van der Waals surface area contributed by atoms with E-state index >= 15 is 0 Å². The molecule has 0 atom stereocenters. The molecule has 27 heavy (non-hydrogen) atoms. The molecule has 1 aliphatic heterocycles. The Morgan fingerprint density at radius 3 is 2.26 bits per heavy atom. The summed E-state index contributed by atoms with van der Waals surface area (Å²) in [5.41, 5.74) is 3.67. The van der Waals surface area contributed by atoms with Gasteiger partial charge in [0, 0.05) is 43.6 Å². The second kappa shape index (κ2) is 8.08. The summed E-state index contributed by atoms with van der Waals surface area (Å²) >= 11 is 0. The zero-order valence-electron chi connectivity index (χ0n) is 15.7. The summed E-state index contributed by atoms with van der Waals surface area (Å²) in [6.07, 6.45) is 2.69. The Kier molecular flexibility index (Phi) is 5.19. The van der Waals surface area contributed by atoms with Gasteiger partial charge in [0.1, 0.15) is 18.0 Å². The Hall–Kier alpha value is -3.08. The monoisotopic (exact) mass is 359 g/mol. The first-order chi connectivity index (χ1) is 13.3. The number of nitrogens with one attached hydrogen (secondary N) is 1. The molecule has 1 fully saturated rings. The maximum Gasteiger partial charge on any atom is 0.135 e. The van der Waals surface area contributed by atoms with Crippen LogP contribution < -0.4 is 15.1 Å². The van der Waals surface area contributed by atoms with E-state index in [1.54, 1.807) is 6.33 Å². The topological polar surface area (TPSA) is 44.3 Å². The molecule has 0 saturated carbocycles. The van der Waals surface area contributed by atoms with Crippen LogP contribution in [0.15, 0.2) is 67.0 Å². The van der Waals surface area contributed by atoms with E-state index in [-0.39, 0.29) is 0 Å². The van der Waals surface area contributed by atoms with Crippen LogP contribution in [-0.4, -0.2) is 36.1 Å². The lowest BCUT2D eigenvalue weighted by atomic mass is 10.1. The summed E-state index contributed by atoms with van der Waals surface area (Å²) in [6.45, 7) is 6.06. The summed E-state index contributed by atoms with van der Waals surface area (Å²) in [4.78, 5) is 13.6. The van der Waals surface area contributed by atoms with Crippen LogP contribution >= 0.6 is 0 Å². The van der Waals surface area contributed by atoms with Crippen LogP contribution in [0.4, 0.5) is 23.0 Å². The summed E-state index contributed by atoms with van der Waals surface area (Å²) in [5.74, 6) is 1.81. The van der Waals surface area contributed by atoms with Crippen LogP contribution in [0.25, 0.3) is 0 Å². The summed E-state index contributed by atoms with van der Waals surface area (Å²) in [5, 5.41) is 3.38. The molecular formula is C22H25N5. The molecule has 5 nitrogen and oxygen atoms in total. The molecule has 1 aromatic heterocycles. The van der Waals surface area contributed by atoms with Gasteiger partial charge in [0.2, 0.25) is 0 Å². The molecule has 1 aliphatic rings. The van der Waals surface area contributed by atoms with E-state index in [0.29, 0.717) is 0 Å². The number of nitrogens with zero attached hydrogens (tertiary/aromatic N) is 4. The SMILES string of the molecule is CCc1ccc(Nc2cc(N3CCN(c4ccccc4)CC3)ncn2)cc1. The van der Waals surface area contributed by atoms with Gasteiger partial charge in [0.15, 0.2) is 0 Å². The first-order valence-electron chi connectivity index (χ1n) is 9.55. The largest absolute Gasteiger partial charge is 0.368 e. The zero-order valence-corrected chi connectivity index (χ0v) is 15.7. The highest BCUT2D eigenvalue weighted by molar-refractivity contribution is 5.60. The van der Waals surface area contributed by atoms with Crippen molar-refractivity contribution in [3.8, 4) is 0 Å². The molecule has 0 unspecified atom stereocenters. The Morgan fingerprint density at radius 1 is 0.852 bits per heavy atom. The molecule has 0 amide bonds. The van der Waals surface area contributed by atoms with E-state index in [1.165, 1.54) is 11.3 Å². The van der Waals surface area contributed by atoms with Gasteiger partial charge in [-0.25, -0.2) is 9.97 Å². The molecule has 0 spiro atoms. The fourth-order valence-electron chi connectivity index (χ4n) is 3.39. The number of anilines is 4. The first kappa shape index (κ1) is 17.3. The van der Waals surface area contributed by atoms with Gasteiger partial charge in [-0.2, -0.15) is 0 Å². The van der Waals surface area contributed by atoms with Crippen molar-refractivity contribution in [2.24, 2.45) is 0 Å². The molecule has 4 rings (SSSR count). The maximum atomic E-state index is 4.49. The molecule has 0 bridgehead atoms. The van der Waals surface area contributed by atoms with Crippen molar-refractivity contribution in [2.45, 2.75) is 13.3 Å². The lowest BCUT2D eigenvalue weighted by Crippen LogP contribution is -2.46. The molecule has 0 aliphatic carbocycles. The second-order valence-corrected chi connectivity index (χ2v) is 6.75. The average molecular weight is 359 g/mol. The van der Waals surface area contributed by atoms with Gasteiger partial charge < -0.3 is 15.1 Å². The van der Waals surface area contributed by atoms with Crippen molar-refractivity contribution < 1.29 is 0 Å². The Morgan fingerprint density at radius 2 is 1.56 bits per heavy atom. The molecule has 1 N–H and O–H groups in total. The molecular weight excluding hydrogens is 334 g/mol. The minimum absolute atomic E-state index is 0.828. The van der Waals surface area contributed by atoms with Crippen LogP contribution in [0, 0.1) is 0 Å². The highest BCUT2D eigenvalue weighted by Gasteiger charge is 2.18. The third-order valence-electron chi connectivity index (χ3n) is 5.01. The molecule has 3 aromatic rings. The van der Waals surface area contributed by atoms with Crippen LogP contribution in [0.1, 0.15) is 12.5 Å². The van der Waals surface area contributed by atoms with Crippen molar-refractivity contribution in [1.29, 1.82) is 0 Å². The smallest absolute Gasteiger partial charge is 0.135 e. The maximum absolute atomic E-state index is 4.49.